The number of carbonyl (C=O) groups excluding carboxylic acids is 2. The Labute approximate surface area is 110 Å². The summed E-state index contributed by atoms with van der Waals surface area (Å²) in [5, 5.41) is 13.7. The molecule has 0 aromatic heterocycles. The van der Waals surface area contributed by atoms with Crippen molar-refractivity contribution in [2.45, 2.75) is 32.7 Å². The Bertz CT molecular complexity index is 456. The summed E-state index contributed by atoms with van der Waals surface area (Å²) in [5.74, 6) is -1.50. The molecule has 1 atom stereocenters. The van der Waals surface area contributed by atoms with Crippen LogP contribution in [-0.2, 0) is 14.4 Å². The van der Waals surface area contributed by atoms with Gasteiger partial charge in [0.1, 0.15) is 11.8 Å². The van der Waals surface area contributed by atoms with Gasteiger partial charge in [-0.05, 0) is 19.8 Å². The number of hydrogen-bond donors (Lipinski definition) is 3. The maximum Gasteiger partial charge on any atom is 0.326 e. The first-order valence-electron chi connectivity index (χ1n) is 5.81. The van der Waals surface area contributed by atoms with Gasteiger partial charge in [0.05, 0.1) is 0 Å². The van der Waals surface area contributed by atoms with Crippen molar-refractivity contribution in [1.29, 1.82) is 0 Å². The Kier molecular flexibility index (Phi) is 5.16. The number of nitrogens with one attached hydrogen (secondary N) is 2. The van der Waals surface area contributed by atoms with Gasteiger partial charge in [-0.2, -0.15) is 0 Å². The quantitative estimate of drug-likeness (QED) is 0.552. The molecule has 19 heavy (non-hydrogen) atoms. The first-order valence-corrected chi connectivity index (χ1v) is 5.81. The fourth-order valence-corrected chi connectivity index (χ4v) is 1.49. The topological polar surface area (TPSA) is 120 Å². The van der Waals surface area contributed by atoms with Gasteiger partial charge in [-0.1, -0.05) is 0 Å². The van der Waals surface area contributed by atoms with E-state index in [1.165, 1.54) is 6.92 Å². The Balaban J connectivity index is 2.37. The third-order valence-corrected chi connectivity index (χ3v) is 2.42. The minimum Gasteiger partial charge on any atom is -0.480 e. The average Bonchev–Trinajstić information content (AvgIpc) is 2.62. The summed E-state index contributed by atoms with van der Waals surface area (Å²) in [4.78, 5) is 40.7. The number of carboxylic acid groups (broad SMARTS) is 1. The molecule has 0 saturated carbocycles. The Morgan fingerprint density at radius 3 is 2.68 bits per heavy atom. The van der Waals surface area contributed by atoms with Gasteiger partial charge in [0.25, 0.3) is 5.91 Å². The zero-order valence-corrected chi connectivity index (χ0v) is 10.8. The molecule has 1 heterocycles. The van der Waals surface area contributed by atoms with E-state index in [0.29, 0.717) is 18.7 Å². The second-order valence-corrected chi connectivity index (χ2v) is 4.09. The van der Waals surface area contributed by atoms with Crippen LogP contribution in [0.5, 0.6) is 0 Å². The molecule has 0 aromatic rings. The molecule has 104 valence electrons. The fraction of sp³-hybridized carbons (Fsp3) is 0.545. The van der Waals surface area contributed by atoms with E-state index < -0.39 is 12.0 Å². The zero-order valence-electron chi connectivity index (χ0n) is 10.8. The molecule has 0 aromatic carbocycles. The van der Waals surface area contributed by atoms with Gasteiger partial charge in [0, 0.05) is 13.5 Å². The molecule has 0 unspecified atom stereocenters. The highest BCUT2D eigenvalue weighted by Crippen LogP contribution is 2.00. The minimum absolute atomic E-state index is 0.244. The van der Waals surface area contributed by atoms with Crippen molar-refractivity contribution in [3.63, 3.8) is 0 Å². The molecule has 0 radical (unpaired) electrons. The van der Waals surface area contributed by atoms with Crippen LogP contribution in [0.15, 0.2) is 9.98 Å². The molecule has 0 fully saturated rings. The first kappa shape index (κ1) is 14.8. The number of aliphatic carboxylic acids is 1. The predicted molar refractivity (Wildman–Crippen MR) is 68.0 cm³/mol. The lowest BCUT2D eigenvalue weighted by Gasteiger charge is -2.11. The predicted octanol–water partition coefficient (Wildman–Crippen LogP) is -0.697. The van der Waals surface area contributed by atoms with Gasteiger partial charge in [-0.3, -0.25) is 19.9 Å². The average molecular weight is 268 g/mol. The van der Waals surface area contributed by atoms with Crippen molar-refractivity contribution in [3.8, 4) is 0 Å². The first-order chi connectivity index (χ1) is 8.90. The summed E-state index contributed by atoms with van der Waals surface area (Å²) in [6.07, 6.45) is 0.730. The van der Waals surface area contributed by atoms with Gasteiger partial charge < -0.3 is 10.4 Å². The fourth-order valence-electron chi connectivity index (χ4n) is 1.49. The maximum absolute atomic E-state index is 11.1. The number of amides is 2. The Morgan fingerprint density at radius 1 is 1.53 bits per heavy atom. The summed E-state index contributed by atoms with van der Waals surface area (Å²) in [7, 11) is 0. The van der Waals surface area contributed by atoms with E-state index in [-0.39, 0.29) is 24.2 Å². The number of aliphatic imine (C=N–C) groups is 2. The van der Waals surface area contributed by atoms with Crippen molar-refractivity contribution in [3.05, 3.63) is 0 Å². The van der Waals surface area contributed by atoms with Crippen LogP contribution in [-0.4, -0.2) is 47.1 Å². The molecule has 0 saturated heterocycles. The van der Waals surface area contributed by atoms with E-state index in [0.717, 1.165) is 0 Å². The van der Waals surface area contributed by atoms with Crippen LogP contribution in [0, 0.1) is 0 Å². The van der Waals surface area contributed by atoms with Gasteiger partial charge in [0.2, 0.25) is 11.9 Å². The van der Waals surface area contributed by atoms with Crippen molar-refractivity contribution < 1.29 is 19.5 Å². The van der Waals surface area contributed by atoms with Crippen LogP contribution in [0.1, 0.15) is 26.7 Å². The van der Waals surface area contributed by atoms with Gasteiger partial charge in [-0.25, -0.2) is 9.79 Å². The van der Waals surface area contributed by atoms with Crippen LogP contribution in [0.4, 0.5) is 0 Å². The molecule has 1 aliphatic heterocycles. The van der Waals surface area contributed by atoms with Crippen molar-refractivity contribution in [2.75, 3.05) is 6.54 Å². The molecule has 0 bridgehead atoms. The van der Waals surface area contributed by atoms with Gasteiger partial charge in [0.15, 0.2) is 0 Å². The van der Waals surface area contributed by atoms with E-state index in [1.54, 1.807) is 6.92 Å². The third kappa shape index (κ3) is 4.86. The number of carboxylic acids is 1. The molecule has 2 amide bonds. The number of rotatable bonds is 6. The van der Waals surface area contributed by atoms with Crippen molar-refractivity contribution in [2.24, 2.45) is 9.98 Å². The number of carbonyl (C=O) groups is 3. The van der Waals surface area contributed by atoms with Crippen LogP contribution >= 0.6 is 0 Å². The Morgan fingerprint density at radius 2 is 2.21 bits per heavy atom. The van der Waals surface area contributed by atoms with E-state index in [2.05, 4.69) is 20.6 Å². The number of nitrogens with zero attached hydrogens (tertiary/aromatic N) is 2. The lowest BCUT2D eigenvalue weighted by molar-refractivity contribution is -0.141. The van der Waals surface area contributed by atoms with Crippen molar-refractivity contribution in [1.82, 2.24) is 10.6 Å². The van der Waals surface area contributed by atoms with Gasteiger partial charge >= 0.3 is 5.97 Å². The van der Waals surface area contributed by atoms with E-state index >= 15 is 0 Å². The van der Waals surface area contributed by atoms with Crippen LogP contribution in [0.25, 0.3) is 0 Å². The monoisotopic (exact) mass is 268 g/mol. The third-order valence-electron chi connectivity index (χ3n) is 2.42. The zero-order chi connectivity index (χ0) is 14.4. The SMILES string of the molecule is CC(=O)N[C@@H](CCCN=C1N=C(C)C(=O)N1)C(=O)O. The summed E-state index contributed by atoms with van der Waals surface area (Å²) in [5.41, 5.74) is 0.348. The van der Waals surface area contributed by atoms with Gasteiger partial charge in [-0.15, -0.1) is 0 Å². The number of hydrogen-bond acceptors (Lipinski definition) is 4. The van der Waals surface area contributed by atoms with Crippen molar-refractivity contribution >= 4 is 29.5 Å². The highest BCUT2D eigenvalue weighted by molar-refractivity contribution is 6.45. The lowest BCUT2D eigenvalue weighted by atomic mass is 10.1. The largest absolute Gasteiger partial charge is 0.480 e. The molecule has 1 aliphatic rings. The summed E-state index contributed by atoms with van der Waals surface area (Å²) in [6.45, 7) is 3.17. The standard InChI is InChI=1S/C11H16N4O4/c1-6-9(17)15-11(13-6)12-5-3-4-8(10(18)19)14-7(2)16/h8H,3-5H2,1-2H3,(H,14,16)(H,18,19)(H,12,15,17)/t8-/m0/s1. The molecule has 3 N–H and O–H groups in total. The summed E-state index contributed by atoms with van der Waals surface area (Å²) >= 11 is 0. The highest BCUT2D eigenvalue weighted by atomic mass is 16.4. The van der Waals surface area contributed by atoms with E-state index in [4.69, 9.17) is 5.11 Å². The normalized spacial score (nSPS) is 17.9. The Hall–Kier alpha value is -2.25. The molecular formula is C11H16N4O4. The molecule has 0 aliphatic carbocycles. The summed E-state index contributed by atoms with van der Waals surface area (Å²) in [6, 6.07) is -0.916. The van der Waals surface area contributed by atoms with Crippen LogP contribution in [0.3, 0.4) is 0 Å². The second-order valence-electron chi connectivity index (χ2n) is 4.09. The van der Waals surface area contributed by atoms with Crippen LogP contribution in [0.2, 0.25) is 0 Å². The van der Waals surface area contributed by atoms with E-state index in [9.17, 15) is 14.4 Å². The number of guanidine groups is 1. The minimum atomic E-state index is -1.08. The summed E-state index contributed by atoms with van der Waals surface area (Å²) < 4.78 is 0. The van der Waals surface area contributed by atoms with Crippen LogP contribution < -0.4 is 10.6 Å². The molecule has 1 rings (SSSR count). The smallest absolute Gasteiger partial charge is 0.326 e. The lowest BCUT2D eigenvalue weighted by Crippen LogP contribution is -2.39. The maximum atomic E-state index is 11.1. The molecule has 0 spiro atoms. The van der Waals surface area contributed by atoms with E-state index in [1.807, 2.05) is 0 Å². The highest BCUT2D eigenvalue weighted by Gasteiger charge is 2.18. The molecule has 8 nitrogen and oxygen atoms in total. The second kappa shape index (κ2) is 6.62. The molecule has 8 heteroatoms. The molecular weight excluding hydrogens is 252 g/mol.